The molecule has 1 aromatic heterocycles. The lowest BCUT2D eigenvalue weighted by molar-refractivity contribution is 0.181. The molecule has 0 saturated carbocycles. The third kappa shape index (κ3) is 3.81. The van der Waals surface area contributed by atoms with Crippen LogP contribution >= 0.6 is 0 Å². The number of benzene rings is 1. The predicted molar refractivity (Wildman–Crippen MR) is 112 cm³/mol. The average molecular weight is 386 g/mol. The number of fused-ring (bicyclic) bond motifs is 1. The highest BCUT2D eigenvalue weighted by atomic mass is 16.5. The molecule has 3 heterocycles. The molecule has 2 fully saturated rings. The van der Waals surface area contributed by atoms with Crippen molar-refractivity contribution in [3.05, 3.63) is 12.1 Å². The molecular weight excluding hydrogens is 354 g/mol. The normalized spacial score (nSPS) is 21.5. The summed E-state index contributed by atoms with van der Waals surface area (Å²) in [6.07, 6.45) is 7.78. The zero-order valence-electron chi connectivity index (χ0n) is 17.0. The predicted octanol–water partition coefficient (Wildman–Crippen LogP) is 3.07. The van der Waals surface area contributed by atoms with Crippen LogP contribution in [-0.4, -0.2) is 61.3 Å². The van der Waals surface area contributed by atoms with Gasteiger partial charge in [0.2, 0.25) is 5.95 Å². The highest BCUT2D eigenvalue weighted by Gasteiger charge is 2.27. The maximum atomic E-state index is 6.29. The molecule has 2 saturated heterocycles. The molecule has 2 aliphatic heterocycles. The van der Waals surface area contributed by atoms with Crippen LogP contribution in [0.4, 0.5) is 11.8 Å². The Bertz CT molecular complexity index is 820. The van der Waals surface area contributed by atoms with Crippen molar-refractivity contribution < 1.29 is 9.47 Å². The minimum absolute atomic E-state index is 0.484. The molecule has 0 aliphatic carbocycles. The van der Waals surface area contributed by atoms with Gasteiger partial charge in [-0.05, 0) is 44.8 Å². The van der Waals surface area contributed by atoms with E-state index < -0.39 is 0 Å². The van der Waals surface area contributed by atoms with E-state index in [9.17, 15) is 0 Å². The van der Waals surface area contributed by atoms with Gasteiger partial charge in [0.15, 0.2) is 11.5 Å². The van der Waals surface area contributed by atoms with Crippen molar-refractivity contribution in [2.75, 3.05) is 51.0 Å². The van der Waals surface area contributed by atoms with Gasteiger partial charge >= 0.3 is 0 Å². The summed E-state index contributed by atoms with van der Waals surface area (Å²) in [5.41, 5.74) is 7.08. The SMILES string of the molecule is COc1cc2nc(N3CCCC(N4CCCCCC4)C3)nc(N)c2cc1OC. The van der Waals surface area contributed by atoms with Crippen LogP contribution in [0.25, 0.3) is 10.9 Å². The molecular formula is C21H31N5O2. The first-order valence-electron chi connectivity index (χ1n) is 10.4. The van der Waals surface area contributed by atoms with Gasteiger partial charge in [0.05, 0.1) is 19.7 Å². The van der Waals surface area contributed by atoms with Gasteiger partial charge in [0, 0.05) is 30.6 Å². The minimum Gasteiger partial charge on any atom is -0.493 e. The van der Waals surface area contributed by atoms with Gasteiger partial charge in [-0.3, -0.25) is 4.90 Å². The Hall–Kier alpha value is -2.28. The molecule has 0 spiro atoms. The summed E-state index contributed by atoms with van der Waals surface area (Å²) < 4.78 is 10.8. The lowest BCUT2D eigenvalue weighted by Gasteiger charge is -2.39. The van der Waals surface area contributed by atoms with Gasteiger partial charge < -0.3 is 20.1 Å². The fourth-order valence-corrected chi connectivity index (χ4v) is 4.50. The Morgan fingerprint density at radius 1 is 0.929 bits per heavy atom. The largest absolute Gasteiger partial charge is 0.493 e. The van der Waals surface area contributed by atoms with Crippen LogP contribution in [0.2, 0.25) is 0 Å². The number of anilines is 2. The number of methoxy groups -OCH3 is 2. The molecule has 7 nitrogen and oxygen atoms in total. The first-order valence-corrected chi connectivity index (χ1v) is 10.4. The number of ether oxygens (including phenoxy) is 2. The first kappa shape index (κ1) is 19.1. The maximum Gasteiger partial charge on any atom is 0.227 e. The van der Waals surface area contributed by atoms with Crippen LogP contribution in [0.5, 0.6) is 11.5 Å². The van der Waals surface area contributed by atoms with E-state index in [4.69, 9.17) is 20.2 Å². The summed E-state index contributed by atoms with van der Waals surface area (Å²) >= 11 is 0. The van der Waals surface area contributed by atoms with Crippen molar-refractivity contribution >= 4 is 22.7 Å². The Labute approximate surface area is 166 Å². The van der Waals surface area contributed by atoms with Gasteiger partial charge in [0.25, 0.3) is 0 Å². The lowest BCUT2D eigenvalue weighted by atomic mass is 10.0. The highest BCUT2D eigenvalue weighted by Crippen LogP contribution is 2.34. The second-order valence-electron chi connectivity index (χ2n) is 7.83. The molecule has 7 heteroatoms. The minimum atomic E-state index is 0.484. The zero-order chi connectivity index (χ0) is 19.5. The highest BCUT2D eigenvalue weighted by molar-refractivity contribution is 5.91. The summed E-state index contributed by atoms with van der Waals surface area (Å²) in [5, 5.41) is 0.794. The van der Waals surface area contributed by atoms with Crippen LogP contribution < -0.4 is 20.1 Å². The van der Waals surface area contributed by atoms with Gasteiger partial charge in [-0.1, -0.05) is 12.8 Å². The van der Waals surface area contributed by atoms with Gasteiger partial charge in [0.1, 0.15) is 5.82 Å². The zero-order valence-corrected chi connectivity index (χ0v) is 17.0. The Kier molecular flexibility index (Phi) is 5.71. The number of nitrogens with two attached hydrogens (primary N) is 1. The number of nitrogen functional groups attached to an aromatic ring is 1. The maximum absolute atomic E-state index is 6.29. The number of piperidine rings is 1. The molecule has 0 radical (unpaired) electrons. The number of nitrogens with zero attached hydrogens (tertiary/aromatic N) is 4. The smallest absolute Gasteiger partial charge is 0.227 e. The van der Waals surface area contributed by atoms with Crippen molar-refractivity contribution in [3.63, 3.8) is 0 Å². The number of aromatic nitrogens is 2. The van der Waals surface area contributed by atoms with E-state index in [1.165, 1.54) is 45.2 Å². The third-order valence-corrected chi connectivity index (χ3v) is 6.06. The van der Waals surface area contributed by atoms with Crippen molar-refractivity contribution in [2.24, 2.45) is 0 Å². The van der Waals surface area contributed by atoms with E-state index >= 15 is 0 Å². The Morgan fingerprint density at radius 2 is 1.64 bits per heavy atom. The molecule has 2 aromatic rings. The average Bonchev–Trinajstić information content (AvgIpc) is 3.02. The summed E-state index contributed by atoms with van der Waals surface area (Å²) in [4.78, 5) is 14.4. The van der Waals surface area contributed by atoms with Crippen LogP contribution in [0.1, 0.15) is 38.5 Å². The van der Waals surface area contributed by atoms with Crippen LogP contribution in [0.3, 0.4) is 0 Å². The molecule has 1 unspecified atom stereocenters. The number of hydrogen-bond donors (Lipinski definition) is 1. The second kappa shape index (κ2) is 8.39. The molecule has 4 rings (SSSR count). The van der Waals surface area contributed by atoms with Crippen LogP contribution in [-0.2, 0) is 0 Å². The van der Waals surface area contributed by atoms with Gasteiger partial charge in [-0.15, -0.1) is 0 Å². The molecule has 1 atom stereocenters. The fourth-order valence-electron chi connectivity index (χ4n) is 4.50. The van der Waals surface area contributed by atoms with Crippen LogP contribution in [0, 0.1) is 0 Å². The number of likely N-dealkylation sites (tertiary alicyclic amines) is 1. The number of hydrogen-bond acceptors (Lipinski definition) is 7. The fraction of sp³-hybridized carbons (Fsp3) is 0.619. The molecule has 152 valence electrons. The van der Waals surface area contributed by atoms with E-state index in [0.717, 1.165) is 36.4 Å². The van der Waals surface area contributed by atoms with E-state index in [1.54, 1.807) is 14.2 Å². The number of rotatable bonds is 4. The Morgan fingerprint density at radius 3 is 2.36 bits per heavy atom. The van der Waals surface area contributed by atoms with E-state index in [-0.39, 0.29) is 0 Å². The van der Waals surface area contributed by atoms with Crippen LogP contribution in [0.15, 0.2) is 12.1 Å². The van der Waals surface area contributed by atoms with E-state index in [0.29, 0.717) is 23.4 Å². The van der Waals surface area contributed by atoms with E-state index in [2.05, 4.69) is 14.8 Å². The molecule has 2 N–H and O–H groups in total. The quantitative estimate of drug-likeness (QED) is 0.867. The second-order valence-corrected chi connectivity index (χ2v) is 7.83. The van der Waals surface area contributed by atoms with E-state index in [1.807, 2.05) is 12.1 Å². The van der Waals surface area contributed by atoms with Crippen molar-refractivity contribution in [2.45, 2.75) is 44.6 Å². The molecule has 0 amide bonds. The topological polar surface area (TPSA) is 76.7 Å². The molecule has 2 aliphatic rings. The Balaban J connectivity index is 1.60. The van der Waals surface area contributed by atoms with Gasteiger partial charge in [-0.25, -0.2) is 4.98 Å². The van der Waals surface area contributed by atoms with Crippen molar-refractivity contribution in [3.8, 4) is 11.5 Å². The lowest BCUT2D eigenvalue weighted by Crippen LogP contribution is -2.48. The summed E-state index contributed by atoms with van der Waals surface area (Å²) in [6.45, 7) is 4.38. The first-order chi connectivity index (χ1) is 13.7. The summed E-state index contributed by atoms with van der Waals surface area (Å²) in [6, 6.07) is 4.31. The van der Waals surface area contributed by atoms with Crippen molar-refractivity contribution in [1.82, 2.24) is 14.9 Å². The summed E-state index contributed by atoms with van der Waals surface area (Å²) in [5.74, 6) is 2.49. The molecule has 28 heavy (non-hydrogen) atoms. The van der Waals surface area contributed by atoms with Gasteiger partial charge in [-0.2, -0.15) is 4.98 Å². The molecule has 0 bridgehead atoms. The third-order valence-electron chi connectivity index (χ3n) is 6.06. The monoisotopic (exact) mass is 385 g/mol. The molecule has 1 aromatic carbocycles. The van der Waals surface area contributed by atoms with Crippen molar-refractivity contribution in [1.29, 1.82) is 0 Å². The standard InChI is InChI=1S/C21H31N5O2/c1-27-18-12-16-17(13-19(18)28-2)23-21(24-20(16)22)26-11-7-8-15(14-26)25-9-5-3-4-6-10-25/h12-13,15H,3-11,14H2,1-2H3,(H2,22,23,24). The summed E-state index contributed by atoms with van der Waals surface area (Å²) in [7, 11) is 3.25.